The van der Waals surface area contributed by atoms with E-state index in [1.54, 1.807) is 18.2 Å². The Hall–Kier alpha value is -2.16. The number of phenols is 3. The lowest BCUT2D eigenvalue weighted by atomic mass is 9.77. The van der Waals surface area contributed by atoms with Crippen molar-refractivity contribution in [3.05, 3.63) is 53.6 Å². The molecule has 2 aromatic carbocycles. The summed E-state index contributed by atoms with van der Waals surface area (Å²) in [5, 5.41) is 28.8. The van der Waals surface area contributed by atoms with Gasteiger partial charge in [0.25, 0.3) is 0 Å². The molecule has 3 nitrogen and oxygen atoms in total. The molecule has 0 aliphatic heterocycles. The van der Waals surface area contributed by atoms with Gasteiger partial charge in [0.15, 0.2) is 11.5 Å². The molecule has 0 radical (unpaired) electrons. The molecule has 2 rings (SSSR count). The fraction of sp³-hybridized carbons (Fsp3) is 0.200. The number of aromatic hydroxyl groups is 3. The minimum absolute atomic E-state index is 0.146. The molecule has 0 saturated carbocycles. The predicted octanol–water partition coefficient (Wildman–Crippen LogP) is 3.13. The van der Waals surface area contributed by atoms with E-state index in [2.05, 4.69) is 0 Å². The Balaban J connectivity index is 2.54. The van der Waals surface area contributed by atoms with Gasteiger partial charge in [0.1, 0.15) is 5.75 Å². The normalized spacial score (nSPS) is 11.4. The maximum Gasteiger partial charge on any atom is 0.157 e. The second kappa shape index (κ2) is 4.26. The van der Waals surface area contributed by atoms with Crippen LogP contribution in [-0.2, 0) is 5.41 Å². The molecule has 0 amide bonds. The summed E-state index contributed by atoms with van der Waals surface area (Å²) in [6.07, 6.45) is 0. The van der Waals surface area contributed by atoms with Crippen molar-refractivity contribution in [3.63, 3.8) is 0 Å². The highest BCUT2D eigenvalue weighted by Gasteiger charge is 2.26. The summed E-state index contributed by atoms with van der Waals surface area (Å²) in [7, 11) is 0. The van der Waals surface area contributed by atoms with Gasteiger partial charge in [-0.05, 0) is 23.8 Å². The van der Waals surface area contributed by atoms with Crippen LogP contribution < -0.4 is 0 Å². The van der Waals surface area contributed by atoms with Crippen LogP contribution in [0, 0.1) is 0 Å². The lowest BCUT2D eigenvalue weighted by Crippen LogP contribution is -2.18. The second-order valence-electron chi connectivity index (χ2n) is 4.85. The molecule has 0 aromatic heterocycles. The molecular formula is C15H16O3. The molecule has 0 heterocycles. The monoisotopic (exact) mass is 244 g/mol. The molecule has 94 valence electrons. The Kier molecular flexibility index (Phi) is 2.91. The summed E-state index contributed by atoms with van der Waals surface area (Å²) >= 11 is 0. The topological polar surface area (TPSA) is 60.7 Å². The van der Waals surface area contributed by atoms with Gasteiger partial charge in [-0.15, -0.1) is 0 Å². The van der Waals surface area contributed by atoms with E-state index in [0.29, 0.717) is 0 Å². The van der Waals surface area contributed by atoms with Gasteiger partial charge in [0, 0.05) is 11.0 Å². The largest absolute Gasteiger partial charge is 0.508 e. The summed E-state index contributed by atoms with van der Waals surface area (Å²) in [4.78, 5) is 0. The summed E-state index contributed by atoms with van der Waals surface area (Å²) < 4.78 is 0. The van der Waals surface area contributed by atoms with E-state index in [1.807, 2.05) is 26.0 Å². The van der Waals surface area contributed by atoms with Gasteiger partial charge in [-0.3, -0.25) is 0 Å². The third-order valence-corrected chi connectivity index (χ3v) is 3.27. The highest BCUT2D eigenvalue weighted by Crippen LogP contribution is 2.39. The first-order chi connectivity index (χ1) is 8.43. The fourth-order valence-corrected chi connectivity index (χ4v) is 2.07. The van der Waals surface area contributed by atoms with Crippen molar-refractivity contribution >= 4 is 0 Å². The van der Waals surface area contributed by atoms with E-state index in [1.165, 1.54) is 12.1 Å². The first-order valence-corrected chi connectivity index (χ1v) is 5.74. The third kappa shape index (κ3) is 1.99. The van der Waals surface area contributed by atoms with Gasteiger partial charge in [0.05, 0.1) is 0 Å². The minimum Gasteiger partial charge on any atom is -0.508 e. The summed E-state index contributed by atoms with van der Waals surface area (Å²) in [6, 6.07) is 11.8. The highest BCUT2D eigenvalue weighted by atomic mass is 16.3. The van der Waals surface area contributed by atoms with Gasteiger partial charge in [-0.2, -0.15) is 0 Å². The van der Waals surface area contributed by atoms with Crippen LogP contribution in [0.4, 0.5) is 0 Å². The van der Waals surface area contributed by atoms with Crippen molar-refractivity contribution in [2.45, 2.75) is 19.3 Å². The number of para-hydroxylation sites is 1. The minimum atomic E-state index is -0.462. The van der Waals surface area contributed by atoms with E-state index in [4.69, 9.17) is 0 Å². The molecule has 0 fully saturated rings. The Morgan fingerprint density at radius 2 is 1.44 bits per heavy atom. The summed E-state index contributed by atoms with van der Waals surface area (Å²) in [5.41, 5.74) is 1.13. The van der Waals surface area contributed by atoms with Crippen LogP contribution in [0.5, 0.6) is 17.2 Å². The molecule has 2 aromatic rings. The lowest BCUT2D eigenvalue weighted by Gasteiger charge is -2.27. The van der Waals surface area contributed by atoms with Crippen LogP contribution >= 0.6 is 0 Å². The second-order valence-corrected chi connectivity index (χ2v) is 4.85. The first kappa shape index (κ1) is 12.3. The smallest absolute Gasteiger partial charge is 0.157 e. The van der Waals surface area contributed by atoms with E-state index >= 15 is 0 Å². The van der Waals surface area contributed by atoms with Crippen molar-refractivity contribution in [2.24, 2.45) is 0 Å². The number of hydrogen-bond donors (Lipinski definition) is 3. The number of rotatable bonds is 2. The van der Waals surface area contributed by atoms with Gasteiger partial charge in [0.2, 0.25) is 0 Å². The van der Waals surface area contributed by atoms with Gasteiger partial charge in [-0.25, -0.2) is 0 Å². The summed E-state index contributed by atoms with van der Waals surface area (Å²) in [6.45, 7) is 3.90. The Morgan fingerprint density at radius 1 is 0.778 bits per heavy atom. The van der Waals surface area contributed by atoms with Crippen LogP contribution in [0.25, 0.3) is 0 Å². The average molecular weight is 244 g/mol. The predicted molar refractivity (Wildman–Crippen MR) is 70.0 cm³/mol. The fourth-order valence-electron chi connectivity index (χ4n) is 2.07. The van der Waals surface area contributed by atoms with E-state index in [0.717, 1.165) is 11.1 Å². The van der Waals surface area contributed by atoms with Crippen molar-refractivity contribution in [2.75, 3.05) is 0 Å². The molecule has 0 unspecified atom stereocenters. The van der Waals surface area contributed by atoms with Crippen LogP contribution in [0.15, 0.2) is 42.5 Å². The molecule has 3 N–H and O–H groups in total. The van der Waals surface area contributed by atoms with Crippen LogP contribution in [-0.4, -0.2) is 15.3 Å². The van der Waals surface area contributed by atoms with Crippen LogP contribution in [0.2, 0.25) is 0 Å². The zero-order valence-electron chi connectivity index (χ0n) is 10.4. The SMILES string of the molecule is CC(C)(c1ccc(O)c(O)c1)c1ccccc1O. The third-order valence-electron chi connectivity index (χ3n) is 3.27. The number of hydrogen-bond acceptors (Lipinski definition) is 3. The zero-order valence-corrected chi connectivity index (χ0v) is 10.4. The molecule has 18 heavy (non-hydrogen) atoms. The summed E-state index contributed by atoms with van der Waals surface area (Å²) in [5.74, 6) is -0.0853. The van der Waals surface area contributed by atoms with Gasteiger partial charge >= 0.3 is 0 Å². The van der Waals surface area contributed by atoms with E-state index < -0.39 is 5.41 Å². The zero-order chi connectivity index (χ0) is 13.3. The number of phenolic OH excluding ortho intramolecular Hbond substituents is 3. The Labute approximate surface area is 106 Å². The average Bonchev–Trinajstić information content (AvgIpc) is 2.33. The van der Waals surface area contributed by atoms with Crippen LogP contribution in [0.3, 0.4) is 0 Å². The van der Waals surface area contributed by atoms with E-state index in [-0.39, 0.29) is 17.2 Å². The molecule has 3 heteroatoms. The molecule has 0 aliphatic rings. The molecular weight excluding hydrogens is 228 g/mol. The van der Waals surface area contributed by atoms with Crippen molar-refractivity contribution < 1.29 is 15.3 Å². The van der Waals surface area contributed by atoms with Crippen LogP contribution in [0.1, 0.15) is 25.0 Å². The van der Waals surface area contributed by atoms with Gasteiger partial charge < -0.3 is 15.3 Å². The lowest BCUT2D eigenvalue weighted by molar-refractivity contribution is 0.401. The molecule has 0 spiro atoms. The quantitative estimate of drug-likeness (QED) is 0.711. The van der Waals surface area contributed by atoms with E-state index in [9.17, 15) is 15.3 Å². The Morgan fingerprint density at radius 3 is 2.06 bits per heavy atom. The molecule has 0 bridgehead atoms. The standard InChI is InChI=1S/C15H16O3/c1-15(2,11-5-3-4-6-12(11)16)10-7-8-13(17)14(18)9-10/h3-9,16-18H,1-2H3. The van der Waals surface area contributed by atoms with Crippen molar-refractivity contribution in [1.82, 2.24) is 0 Å². The van der Waals surface area contributed by atoms with Gasteiger partial charge in [-0.1, -0.05) is 38.1 Å². The van der Waals surface area contributed by atoms with Crippen molar-refractivity contribution in [1.29, 1.82) is 0 Å². The number of benzene rings is 2. The Bertz CT molecular complexity index is 574. The maximum absolute atomic E-state index is 9.92. The molecule has 0 aliphatic carbocycles. The molecule has 0 saturated heterocycles. The van der Waals surface area contributed by atoms with Crippen molar-refractivity contribution in [3.8, 4) is 17.2 Å². The molecule has 0 atom stereocenters. The first-order valence-electron chi connectivity index (χ1n) is 5.74. The maximum atomic E-state index is 9.92. The highest BCUT2D eigenvalue weighted by molar-refractivity contribution is 5.49.